The van der Waals surface area contributed by atoms with Gasteiger partial charge in [0.1, 0.15) is 0 Å². The molecule has 130 valence electrons. The monoisotopic (exact) mass is 357 g/mol. The van der Waals surface area contributed by atoms with Gasteiger partial charge in [0.05, 0.1) is 11.8 Å². The van der Waals surface area contributed by atoms with E-state index in [9.17, 15) is 8.42 Å². The topological polar surface area (TPSA) is 99.1 Å². The van der Waals surface area contributed by atoms with Crippen LogP contribution in [0.15, 0.2) is 64.2 Å². The number of hydrogen-bond acceptors (Lipinski definition) is 6. The molecule has 2 aromatic carbocycles. The summed E-state index contributed by atoms with van der Waals surface area (Å²) in [6.07, 6.45) is 0.486. The van der Waals surface area contributed by atoms with E-state index >= 15 is 0 Å². The summed E-state index contributed by atoms with van der Waals surface area (Å²) in [6.45, 7) is 1.86. The lowest BCUT2D eigenvalue weighted by Gasteiger charge is -2.07. The van der Waals surface area contributed by atoms with Crippen molar-refractivity contribution in [3.63, 3.8) is 0 Å². The number of aryl methyl sites for hydroxylation is 1. The predicted molar refractivity (Wildman–Crippen MR) is 93.4 cm³/mol. The molecular weight excluding hydrogens is 338 g/mol. The van der Waals surface area contributed by atoms with Gasteiger partial charge < -0.3 is 10.2 Å². The van der Waals surface area contributed by atoms with Gasteiger partial charge in [-0.25, -0.2) is 8.42 Å². The Morgan fingerprint density at radius 2 is 1.72 bits per heavy atom. The van der Waals surface area contributed by atoms with Crippen molar-refractivity contribution in [2.75, 3.05) is 0 Å². The lowest BCUT2D eigenvalue weighted by molar-refractivity contribution is 0.372. The van der Waals surface area contributed by atoms with Gasteiger partial charge in [-0.05, 0) is 30.0 Å². The third-order valence-electron chi connectivity index (χ3n) is 3.91. The van der Waals surface area contributed by atoms with Gasteiger partial charge in [-0.3, -0.25) is 0 Å². The Bertz CT molecular complexity index is 952. The fraction of sp³-hybridized carbons (Fsp3) is 0.222. The van der Waals surface area contributed by atoms with E-state index in [0.717, 1.165) is 11.1 Å². The molecule has 0 fully saturated rings. The first kappa shape index (κ1) is 17.3. The molecule has 3 rings (SSSR count). The van der Waals surface area contributed by atoms with E-state index in [1.165, 1.54) is 0 Å². The highest BCUT2D eigenvalue weighted by atomic mass is 32.2. The summed E-state index contributed by atoms with van der Waals surface area (Å²) in [6, 6.07) is 16.3. The molecule has 0 aliphatic carbocycles. The molecular formula is C18H19N3O3S. The lowest BCUT2D eigenvalue weighted by atomic mass is 10.1. The van der Waals surface area contributed by atoms with Crippen LogP contribution in [-0.2, 0) is 22.0 Å². The summed E-state index contributed by atoms with van der Waals surface area (Å²) in [7, 11) is -3.72. The van der Waals surface area contributed by atoms with Gasteiger partial charge in [0.25, 0.3) is 0 Å². The van der Waals surface area contributed by atoms with Gasteiger partial charge in [-0.2, -0.15) is 0 Å². The molecule has 3 aromatic rings. The fourth-order valence-electron chi connectivity index (χ4n) is 2.49. The summed E-state index contributed by atoms with van der Waals surface area (Å²) in [5, 5.41) is 7.12. The Morgan fingerprint density at radius 1 is 1.04 bits per heavy atom. The van der Waals surface area contributed by atoms with Crippen molar-refractivity contribution >= 4 is 9.84 Å². The van der Waals surface area contributed by atoms with Crippen LogP contribution < -0.4 is 5.73 Å². The largest absolute Gasteiger partial charge is 0.411 e. The van der Waals surface area contributed by atoms with Crippen LogP contribution in [0.1, 0.15) is 28.6 Å². The average molecular weight is 357 g/mol. The first-order chi connectivity index (χ1) is 12.0. The Balaban J connectivity index is 1.77. The summed E-state index contributed by atoms with van der Waals surface area (Å²) >= 11 is 0. The number of benzene rings is 2. The minimum Gasteiger partial charge on any atom is -0.411 e. The molecule has 0 spiro atoms. The van der Waals surface area contributed by atoms with Crippen molar-refractivity contribution in [2.45, 2.75) is 30.4 Å². The van der Waals surface area contributed by atoms with Crippen LogP contribution in [0.5, 0.6) is 0 Å². The molecule has 25 heavy (non-hydrogen) atoms. The van der Waals surface area contributed by atoms with Crippen LogP contribution >= 0.6 is 0 Å². The number of nitrogens with two attached hydrogens (primary N) is 1. The molecule has 1 heterocycles. The standard InChI is InChI=1S/C18H19N3O3S/c1-13-7-5-6-10-15(13)12-25(22,23)18-21-20-17(24-18)16(19)11-14-8-3-2-4-9-14/h2-10,16H,11-12,19H2,1H3/t16-/m0/s1. The second-order valence-corrected chi connectivity index (χ2v) is 7.76. The Hall–Kier alpha value is -2.51. The zero-order valence-electron chi connectivity index (χ0n) is 13.8. The molecule has 0 unspecified atom stereocenters. The molecule has 0 bridgehead atoms. The van der Waals surface area contributed by atoms with E-state index in [-0.39, 0.29) is 11.6 Å². The molecule has 7 heteroatoms. The second kappa shape index (κ2) is 7.16. The van der Waals surface area contributed by atoms with Crippen LogP contribution in [0.2, 0.25) is 0 Å². The summed E-state index contributed by atoms with van der Waals surface area (Å²) in [4.78, 5) is 0. The van der Waals surface area contributed by atoms with Crippen LogP contribution in [0.4, 0.5) is 0 Å². The summed E-state index contributed by atoms with van der Waals surface area (Å²) < 4.78 is 30.4. The van der Waals surface area contributed by atoms with E-state index in [0.29, 0.717) is 12.0 Å². The zero-order chi connectivity index (χ0) is 17.9. The minimum atomic E-state index is -3.72. The van der Waals surface area contributed by atoms with E-state index in [1.807, 2.05) is 49.4 Å². The molecule has 1 aromatic heterocycles. The average Bonchev–Trinajstić information content (AvgIpc) is 3.09. The number of nitrogens with zero attached hydrogens (tertiary/aromatic N) is 2. The highest BCUT2D eigenvalue weighted by Crippen LogP contribution is 2.21. The van der Waals surface area contributed by atoms with Crippen LogP contribution in [0.3, 0.4) is 0 Å². The van der Waals surface area contributed by atoms with Gasteiger partial charge >= 0.3 is 5.22 Å². The molecule has 1 atom stereocenters. The third kappa shape index (κ3) is 4.12. The fourth-order valence-corrected chi connectivity index (χ4v) is 3.72. The molecule has 0 aliphatic rings. The van der Waals surface area contributed by atoms with E-state index in [2.05, 4.69) is 10.2 Å². The summed E-state index contributed by atoms with van der Waals surface area (Å²) in [5.74, 6) is -0.0675. The van der Waals surface area contributed by atoms with Gasteiger partial charge in [0, 0.05) is 0 Å². The molecule has 0 amide bonds. The Kier molecular flexibility index (Phi) is 4.96. The molecule has 0 radical (unpaired) electrons. The van der Waals surface area contributed by atoms with Gasteiger partial charge in [0.2, 0.25) is 15.7 Å². The number of sulfone groups is 1. The first-order valence-corrected chi connectivity index (χ1v) is 9.51. The Labute approximate surface area is 146 Å². The smallest absolute Gasteiger partial charge is 0.335 e. The number of hydrogen-bond donors (Lipinski definition) is 1. The van der Waals surface area contributed by atoms with Gasteiger partial charge in [0.15, 0.2) is 0 Å². The van der Waals surface area contributed by atoms with Crippen molar-refractivity contribution in [3.05, 3.63) is 77.2 Å². The Morgan fingerprint density at radius 3 is 2.44 bits per heavy atom. The molecule has 0 saturated carbocycles. The van der Waals surface area contributed by atoms with Gasteiger partial charge in [-0.1, -0.05) is 59.7 Å². The maximum atomic E-state index is 12.5. The maximum Gasteiger partial charge on any atom is 0.335 e. The first-order valence-electron chi connectivity index (χ1n) is 7.86. The van der Waals surface area contributed by atoms with E-state index in [1.54, 1.807) is 12.1 Å². The normalized spacial score (nSPS) is 12.9. The van der Waals surface area contributed by atoms with Gasteiger partial charge in [-0.15, -0.1) is 5.10 Å². The van der Waals surface area contributed by atoms with Crippen molar-refractivity contribution < 1.29 is 12.8 Å². The third-order valence-corrected chi connectivity index (χ3v) is 5.30. The van der Waals surface area contributed by atoms with Crippen molar-refractivity contribution in [2.24, 2.45) is 5.73 Å². The molecule has 2 N–H and O–H groups in total. The number of aromatic nitrogens is 2. The molecule has 0 saturated heterocycles. The van der Waals surface area contributed by atoms with E-state index < -0.39 is 21.1 Å². The van der Waals surface area contributed by atoms with Crippen LogP contribution in [-0.4, -0.2) is 18.6 Å². The zero-order valence-corrected chi connectivity index (χ0v) is 14.6. The molecule has 0 aliphatic heterocycles. The second-order valence-electron chi connectivity index (χ2n) is 5.89. The highest BCUT2D eigenvalue weighted by molar-refractivity contribution is 7.90. The highest BCUT2D eigenvalue weighted by Gasteiger charge is 2.25. The van der Waals surface area contributed by atoms with Crippen LogP contribution in [0, 0.1) is 6.92 Å². The van der Waals surface area contributed by atoms with Crippen molar-refractivity contribution in [1.82, 2.24) is 10.2 Å². The molecule has 6 nitrogen and oxygen atoms in total. The minimum absolute atomic E-state index is 0.118. The quantitative estimate of drug-likeness (QED) is 0.728. The van der Waals surface area contributed by atoms with Crippen molar-refractivity contribution in [3.8, 4) is 0 Å². The predicted octanol–water partition coefficient (Wildman–Crippen LogP) is 2.59. The van der Waals surface area contributed by atoms with E-state index in [4.69, 9.17) is 10.2 Å². The van der Waals surface area contributed by atoms with Crippen molar-refractivity contribution in [1.29, 1.82) is 0 Å². The lowest BCUT2D eigenvalue weighted by Crippen LogP contribution is -2.13. The maximum absolute atomic E-state index is 12.5. The number of rotatable bonds is 6. The summed E-state index contributed by atoms with van der Waals surface area (Å²) in [5.41, 5.74) is 8.68. The van der Waals surface area contributed by atoms with Crippen LogP contribution in [0.25, 0.3) is 0 Å². The SMILES string of the molecule is Cc1ccccc1CS(=O)(=O)c1nnc([C@@H](N)Cc2ccccc2)o1.